The summed E-state index contributed by atoms with van der Waals surface area (Å²) >= 11 is 0. The lowest BCUT2D eigenvalue weighted by Gasteiger charge is -2.18. The van der Waals surface area contributed by atoms with E-state index in [9.17, 15) is 4.79 Å². The predicted molar refractivity (Wildman–Crippen MR) is 81.7 cm³/mol. The Kier molecular flexibility index (Phi) is 6.02. The Morgan fingerprint density at radius 3 is 2.45 bits per heavy atom. The highest BCUT2D eigenvalue weighted by molar-refractivity contribution is 5.80. The third-order valence-corrected chi connectivity index (χ3v) is 3.08. The van der Waals surface area contributed by atoms with Crippen LogP contribution in [0.15, 0.2) is 18.2 Å². The van der Waals surface area contributed by atoms with Gasteiger partial charge in [-0.1, -0.05) is 26.0 Å². The summed E-state index contributed by atoms with van der Waals surface area (Å²) in [5, 5.41) is 2.87. The Morgan fingerprint density at radius 2 is 1.95 bits per heavy atom. The maximum absolute atomic E-state index is 11.9. The summed E-state index contributed by atoms with van der Waals surface area (Å²) in [6.07, 6.45) is -0.506. The summed E-state index contributed by atoms with van der Waals surface area (Å²) in [6.45, 7) is 10.4. The second-order valence-electron chi connectivity index (χ2n) is 5.71. The number of benzene rings is 1. The van der Waals surface area contributed by atoms with E-state index in [0.717, 1.165) is 16.9 Å². The normalized spacial score (nSPS) is 13.9. The summed E-state index contributed by atoms with van der Waals surface area (Å²) in [4.78, 5) is 11.9. The number of nitrogens with two attached hydrogens (primary N) is 1. The molecule has 1 rings (SSSR count). The first-order chi connectivity index (χ1) is 9.31. The van der Waals surface area contributed by atoms with Crippen molar-refractivity contribution in [2.24, 2.45) is 11.7 Å². The quantitative estimate of drug-likeness (QED) is 0.840. The smallest absolute Gasteiger partial charge is 0.260 e. The van der Waals surface area contributed by atoms with Crippen LogP contribution in [0.2, 0.25) is 0 Å². The first kappa shape index (κ1) is 16.5. The van der Waals surface area contributed by atoms with Gasteiger partial charge in [0, 0.05) is 12.6 Å². The van der Waals surface area contributed by atoms with Gasteiger partial charge in [-0.15, -0.1) is 0 Å². The zero-order chi connectivity index (χ0) is 15.3. The van der Waals surface area contributed by atoms with Crippen LogP contribution in [0.25, 0.3) is 0 Å². The highest BCUT2D eigenvalue weighted by Crippen LogP contribution is 2.22. The number of hydrogen-bond donors (Lipinski definition) is 2. The predicted octanol–water partition coefficient (Wildman–Crippen LogP) is 2.55. The van der Waals surface area contributed by atoms with Gasteiger partial charge in [0.25, 0.3) is 5.91 Å². The van der Waals surface area contributed by atoms with Gasteiger partial charge >= 0.3 is 0 Å². The Morgan fingerprint density at radius 1 is 1.30 bits per heavy atom. The molecule has 0 saturated heterocycles. The molecule has 0 aliphatic rings. The highest BCUT2D eigenvalue weighted by Gasteiger charge is 2.16. The average molecular weight is 278 g/mol. The number of aryl methyl sites for hydroxylation is 1. The van der Waals surface area contributed by atoms with Crippen molar-refractivity contribution in [2.45, 2.75) is 46.8 Å². The van der Waals surface area contributed by atoms with Crippen molar-refractivity contribution in [1.82, 2.24) is 5.32 Å². The number of amides is 1. The van der Waals surface area contributed by atoms with E-state index < -0.39 is 6.10 Å². The second-order valence-corrected chi connectivity index (χ2v) is 5.71. The van der Waals surface area contributed by atoms with Gasteiger partial charge in [-0.2, -0.15) is 0 Å². The van der Waals surface area contributed by atoms with Gasteiger partial charge in [0.05, 0.1) is 0 Å². The minimum atomic E-state index is -0.506. The summed E-state index contributed by atoms with van der Waals surface area (Å²) in [7, 11) is 0. The number of carbonyl (C=O) groups excluding carboxylic acids is 1. The molecule has 2 atom stereocenters. The molecule has 20 heavy (non-hydrogen) atoms. The Hall–Kier alpha value is -1.55. The van der Waals surface area contributed by atoms with Gasteiger partial charge < -0.3 is 15.8 Å². The summed E-state index contributed by atoms with van der Waals surface area (Å²) in [6, 6.07) is 5.81. The van der Waals surface area contributed by atoms with Crippen LogP contribution in [-0.2, 0) is 4.79 Å². The van der Waals surface area contributed by atoms with Gasteiger partial charge in [0.2, 0.25) is 0 Å². The fourth-order valence-corrected chi connectivity index (χ4v) is 1.78. The summed E-state index contributed by atoms with van der Waals surface area (Å²) in [5.41, 5.74) is 7.90. The van der Waals surface area contributed by atoms with Crippen molar-refractivity contribution in [3.63, 3.8) is 0 Å². The molecule has 4 heteroatoms. The first-order valence-electron chi connectivity index (χ1n) is 7.11. The van der Waals surface area contributed by atoms with Crippen LogP contribution in [0, 0.1) is 12.8 Å². The molecule has 4 nitrogen and oxygen atoms in total. The van der Waals surface area contributed by atoms with Gasteiger partial charge in [0.1, 0.15) is 5.75 Å². The van der Waals surface area contributed by atoms with E-state index in [1.54, 1.807) is 6.92 Å². The molecule has 0 aliphatic heterocycles. The van der Waals surface area contributed by atoms with Crippen molar-refractivity contribution in [1.29, 1.82) is 0 Å². The molecule has 0 radical (unpaired) electrons. The van der Waals surface area contributed by atoms with E-state index in [0.29, 0.717) is 12.5 Å². The molecular weight excluding hydrogens is 252 g/mol. The van der Waals surface area contributed by atoms with Gasteiger partial charge in [0.15, 0.2) is 6.10 Å². The molecular formula is C16H26N2O2. The fraction of sp³-hybridized carbons (Fsp3) is 0.562. The largest absolute Gasteiger partial charge is 0.481 e. The molecule has 112 valence electrons. The van der Waals surface area contributed by atoms with E-state index >= 15 is 0 Å². The molecule has 1 amide bonds. The van der Waals surface area contributed by atoms with Crippen LogP contribution in [0.5, 0.6) is 5.75 Å². The molecule has 0 saturated carbocycles. The van der Waals surface area contributed by atoms with Crippen LogP contribution in [0.1, 0.15) is 44.9 Å². The summed E-state index contributed by atoms with van der Waals surface area (Å²) < 4.78 is 5.72. The molecule has 0 bridgehead atoms. The highest BCUT2D eigenvalue weighted by atomic mass is 16.5. The zero-order valence-corrected chi connectivity index (χ0v) is 13.1. The third kappa shape index (κ3) is 4.85. The monoisotopic (exact) mass is 278 g/mol. The fourth-order valence-electron chi connectivity index (χ4n) is 1.78. The van der Waals surface area contributed by atoms with Gasteiger partial charge in [-0.05, 0) is 43.9 Å². The molecule has 1 aromatic carbocycles. The lowest BCUT2D eigenvalue weighted by Crippen LogP contribution is -2.38. The van der Waals surface area contributed by atoms with Crippen LogP contribution in [-0.4, -0.2) is 18.6 Å². The minimum Gasteiger partial charge on any atom is -0.481 e. The Balaban J connectivity index is 2.66. The standard InChI is InChI=1S/C16H26N2O2/c1-10(2)9-18-16(19)13(5)20-15-7-6-14(12(4)17)8-11(15)3/h6-8,10,12-13H,9,17H2,1-5H3,(H,18,19). The van der Waals surface area contributed by atoms with Crippen molar-refractivity contribution in [3.8, 4) is 5.75 Å². The van der Waals surface area contributed by atoms with E-state index in [4.69, 9.17) is 10.5 Å². The van der Waals surface area contributed by atoms with Gasteiger partial charge in [-0.25, -0.2) is 0 Å². The lowest BCUT2D eigenvalue weighted by molar-refractivity contribution is -0.127. The molecule has 2 unspecified atom stereocenters. The molecule has 1 aromatic rings. The Bertz CT molecular complexity index is 456. The SMILES string of the molecule is Cc1cc(C(C)N)ccc1OC(C)C(=O)NCC(C)C. The molecule has 0 aromatic heterocycles. The maximum Gasteiger partial charge on any atom is 0.260 e. The second kappa shape index (κ2) is 7.29. The lowest BCUT2D eigenvalue weighted by atomic mass is 10.1. The van der Waals surface area contributed by atoms with Gasteiger partial charge in [-0.3, -0.25) is 4.79 Å². The maximum atomic E-state index is 11.9. The molecule has 0 heterocycles. The molecule has 3 N–H and O–H groups in total. The number of carbonyl (C=O) groups is 1. The number of ether oxygens (including phenoxy) is 1. The van der Waals surface area contributed by atoms with Crippen molar-refractivity contribution < 1.29 is 9.53 Å². The zero-order valence-electron chi connectivity index (χ0n) is 13.1. The van der Waals surface area contributed by atoms with Crippen LogP contribution >= 0.6 is 0 Å². The van der Waals surface area contributed by atoms with E-state index in [1.807, 2.05) is 32.0 Å². The number of nitrogens with one attached hydrogen (secondary N) is 1. The van der Waals surface area contributed by atoms with Crippen LogP contribution in [0.4, 0.5) is 0 Å². The topological polar surface area (TPSA) is 64.3 Å². The Labute approximate surface area is 121 Å². The van der Waals surface area contributed by atoms with E-state index in [-0.39, 0.29) is 11.9 Å². The minimum absolute atomic E-state index is 0.00508. The van der Waals surface area contributed by atoms with E-state index in [1.165, 1.54) is 0 Å². The van der Waals surface area contributed by atoms with Crippen molar-refractivity contribution in [3.05, 3.63) is 29.3 Å². The van der Waals surface area contributed by atoms with Crippen molar-refractivity contribution in [2.75, 3.05) is 6.54 Å². The number of rotatable bonds is 6. The first-order valence-corrected chi connectivity index (χ1v) is 7.11. The van der Waals surface area contributed by atoms with Crippen LogP contribution in [0.3, 0.4) is 0 Å². The summed E-state index contributed by atoms with van der Waals surface area (Å²) in [5.74, 6) is 1.06. The van der Waals surface area contributed by atoms with Crippen molar-refractivity contribution >= 4 is 5.91 Å². The number of hydrogen-bond acceptors (Lipinski definition) is 3. The van der Waals surface area contributed by atoms with E-state index in [2.05, 4.69) is 19.2 Å². The average Bonchev–Trinajstić information content (AvgIpc) is 2.37. The molecule has 0 fully saturated rings. The van der Waals surface area contributed by atoms with Crippen LogP contribution < -0.4 is 15.8 Å². The molecule has 0 aliphatic carbocycles. The molecule has 0 spiro atoms. The third-order valence-electron chi connectivity index (χ3n) is 3.08.